The summed E-state index contributed by atoms with van der Waals surface area (Å²) in [5, 5.41) is 7.55. The van der Waals surface area contributed by atoms with E-state index in [0.29, 0.717) is 23.8 Å². The molecule has 2 heterocycles. The molecule has 5 rings (SSSR count). The number of rotatable bonds is 7. The third-order valence-corrected chi connectivity index (χ3v) is 6.56. The summed E-state index contributed by atoms with van der Waals surface area (Å²) in [7, 11) is 3.20. The minimum atomic E-state index is -0.418. The number of benzene rings is 3. The lowest BCUT2D eigenvalue weighted by Gasteiger charge is -2.27. The Hall–Kier alpha value is -3.78. The van der Waals surface area contributed by atoms with Gasteiger partial charge >= 0.3 is 0 Å². The van der Waals surface area contributed by atoms with Gasteiger partial charge < -0.3 is 14.2 Å². The van der Waals surface area contributed by atoms with Crippen LogP contribution in [0.1, 0.15) is 34.6 Å². The van der Waals surface area contributed by atoms with Crippen LogP contribution in [-0.2, 0) is 0 Å². The van der Waals surface area contributed by atoms with E-state index in [9.17, 15) is 4.79 Å². The Balaban J connectivity index is 1.68. The quantitative estimate of drug-likeness (QED) is 0.315. The number of aromatic amines is 1. The van der Waals surface area contributed by atoms with Crippen molar-refractivity contribution in [3.05, 3.63) is 88.0 Å². The molecule has 1 atom stereocenters. The number of amides is 1. The van der Waals surface area contributed by atoms with Gasteiger partial charge in [0.25, 0.3) is 5.91 Å². The first-order valence-electron chi connectivity index (χ1n) is 11.2. The Kier molecular flexibility index (Phi) is 6.21. The van der Waals surface area contributed by atoms with Crippen molar-refractivity contribution < 1.29 is 19.0 Å². The number of fused-ring (bicyclic) bond motifs is 1. The number of aromatic nitrogens is 2. The van der Waals surface area contributed by atoms with E-state index < -0.39 is 6.04 Å². The van der Waals surface area contributed by atoms with Crippen molar-refractivity contribution in [1.29, 1.82) is 0 Å². The summed E-state index contributed by atoms with van der Waals surface area (Å²) in [5.74, 6) is 1.85. The lowest BCUT2D eigenvalue weighted by atomic mass is 9.95. The van der Waals surface area contributed by atoms with E-state index in [-0.39, 0.29) is 5.91 Å². The molecule has 8 heteroatoms. The average molecular weight is 534 g/mol. The minimum Gasteiger partial charge on any atom is -0.494 e. The molecule has 0 radical (unpaired) electrons. The summed E-state index contributed by atoms with van der Waals surface area (Å²) in [6, 6.07) is 20.7. The van der Waals surface area contributed by atoms with Crippen LogP contribution in [0.3, 0.4) is 0 Å². The molecule has 4 aromatic rings. The van der Waals surface area contributed by atoms with Crippen LogP contribution in [-0.4, -0.2) is 36.9 Å². The van der Waals surface area contributed by atoms with Gasteiger partial charge in [-0.25, -0.2) is 0 Å². The lowest BCUT2D eigenvalue weighted by Crippen LogP contribution is -2.29. The van der Waals surface area contributed by atoms with E-state index in [1.807, 2.05) is 73.7 Å². The summed E-state index contributed by atoms with van der Waals surface area (Å²) in [5.41, 5.74) is 4.55. The van der Waals surface area contributed by atoms with E-state index in [1.165, 1.54) is 0 Å². The highest BCUT2D eigenvalue weighted by molar-refractivity contribution is 9.10. The van der Waals surface area contributed by atoms with Gasteiger partial charge in [0, 0.05) is 21.3 Å². The molecule has 0 spiro atoms. The van der Waals surface area contributed by atoms with Gasteiger partial charge in [-0.3, -0.25) is 14.8 Å². The molecule has 1 aliphatic rings. The molecular weight excluding hydrogens is 510 g/mol. The Morgan fingerprint density at radius 2 is 1.69 bits per heavy atom. The van der Waals surface area contributed by atoms with Crippen molar-refractivity contribution in [3.63, 3.8) is 0 Å². The van der Waals surface area contributed by atoms with Crippen LogP contribution in [0.5, 0.6) is 17.2 Å². The molecule has 0 saturated heterocycles. The third-order valence-electron chi connectivity index (χ3n) is 6.04. The molecule has 178 valence electrons. The molecule has 3 aromatic carbocycles. The molecule has 1 aromatic heterocycles. The Morgan fingerprint density at radius 3 is 2.34 bits per heavy atom. The first-order valence-corrected chi connectivity index (χ1v) is 12.0. The summed E-state index contributed by atoms with van der Waals surface area (Å²) in [4.78, 5) is 15.5. The van der Waals surface area contributed by atoms with E-state index in [1.54, 1.807) is 19.1 Å². The Bertz CT molecular complexity index is 1370. The van der Waals surface area contributed by atoms with Gasteiger partial charge in [0.2, 0.25) is 0 Å². The number of H-pyrrole nitrogens is 1. The zero-order valence-corrected chi connectivity index (χ0v) is 21.1. The first-order chi connectivity index (χ1) is 17.0. The first kappa shape index (κ1) is 23.0. The third kappa shape index (κ3) is 4.04. The molecular formula is C27H24BrN3O4. The number of ether oxygens (including phenoxy) is 3. The highest BCUT2D eigenvalue weighted by Gasteiger charge is 2.43. The second kappa shape index (κ2) is 9.46. The number of halogens is 1. The number of hydrogen-bond acceptors (Lipinski definition) is 5. The van der Waals surface area contributed by atoms with E-state index in [0.717, 1.165) is 38.3 Å². The maximum absolute atomic E-state index is 13.7. The fourth-order valence-electron chi connectivity index (χ4n) is 4.45. The number of nitrogens with zero attached hydrogens (tertiary/aromatic N) is 2. The molecule has 1 amide bonds. The highest BCUT2D eigenvalue weighted by atomic mass is 79.9. The summed E-state index contributed by atoms with van der Waals surface area (Å²) in [6.45, 7) is 2.54. The second-order valence-electron chi connectivity index (χ2n) is 7.99. The smallest absolute Gasteiger partial charge is 0.277 e. The predicted octanol–water partition coefficient (Wildman–Crippen LogP) is 6.00. The second-order valence-corrected chi connectivity index (χ2v) is 8.90. The van der Waals surface area contributed by atoms with Crippen molar-refractivity contribution in [2.75, 3.05) is 25.7 Å². The number of carbonyl (C=O) groups excluding carboxylic acids is 1. The lowest BCUT2D eigenvalue weighted by molar-refractivity contribution is 0.0988. The Morgan fingerprint density at radius 1 is 0.971 bits per heavy atom. The summed E-state index contributed by atoms with van der Waals surface area (Å²) in [6.07, 6.45) is 0. The predicted molar refractivity (Wildman–Crippen MR) is 138 cm³/mol. The summed E-state index contributed by atoms with van der Waals surface area (Å²) < 4.78 is 17.5. The monoisotopic (exact) mass is 533 g/mol. The number of methoxy groups -OCH3 is 2. The van der Waals surface area contributed by atoms with Gasteiger partial charge in [-0.15, -0.1) is 0 Å². The molecule has 7 nitrogen and oxygen atoms in total. The molecule has 0 bridgehead atoms. The van der Waals surface area contributed by atoms with Gasteiger partial charge in [0.05, 0.1) is 32.6 Å². The number of hydrogen-bond donors (Lipinski definition) is 1. The zero-order chi connectivity index (χ0) is 24.5. The topological polar surface area (TPSA) is 76.7 Å². The van der Waals surface area contributed by atoms with Crippen molar-refractivity contribution in [3.8, 4) is 28.5 Å². The molecule has 1 aliphatic heterocycles. The fraction of sp³-hybridized carbons (Fsp3) is 0.185. The minimum absolute atomic E-state index is 0.146. The maximum atomic E-state index is 13.7. The molecule has 1 unspecified atom stereocenters. The molecule has 1 N–H and O–H groups in total. The maximum Gasteiger partial charge on any atom is 0.277 e. The van der Waals surface area contributed by atoms with Crippen LogP contribution < -0.4 is 19.1 Å². The number of anilines is 1. The van der Waals surface area contributed by atoms with Gasteiger partial charge in [-0.1, -0.05) is 22.0 Å². The van der Waals surface area contributed by atoms with E-state index >= 15 is 0 Å². The van der Waals surface area contributed by atoms with Crippen molar-refractivity contribution in [2.24, 2.45) is 0 Å². The summed E-state index contributed by atoms with van der Waals surface area (Å²) >= 11 is 3.48. The van der Waals surface area contributed by atoms with Gasteiger partial charge in [0.1, 0.15) is 11.4 Å². The SMILES string of the molecule is CCOc1ccc(-c2n[nH]c3c2C(c2ccc(OC)c(OC)c2)N(c2ccc(Br)cc2)C3=O)cc1. The van der Waals surface area contributed by atoms with Crippen LogP contribution in [0.15, 0.2) is 71.2 Å². The van der Waals surface area contributed by atoms with E-state index in [2.05, 4.69) is 26.1 Å². The zero-order valence-electron chi connectivity index (χ0n) is 19.5. The largest absolute Gasteiger partial charge is 0.494 e. The van der Waals surface area contributed by atoms with Crippen molar-refractivity contribution >= 4 is 27.5 Å². The standard InChI is InChI=1S/C27H24BrN3O4/c1-4-35-20-12-5-16(6-13-20)24-23-25(30-29-24)27(32)31(19-10-8-18(28)9-11-19)26(23)17-7-14-21(33-2)22(15-17)34-3/h5-15,26H,4H2,1-3H3,(H,29,30). The van der Waals surface area contributed by atoms with Gasteiger partial charge in [-0.2, -0.15) is 5.10 Å². The van der Waals surface area contributed by atoms with Crippen LogP contribution >= 0.6 is 15.9 Å². The number of carbonyl (C=O) groups is 1. The van der Waals surface area contributed by atoms with Crippen molar-refractivity contribution in [2.45, 2.75) is 13.0 Å². The normalized spacial score (nSPS) is 14.7. The average Bonchev–Trinajstić information content (AvgIpc) is 3.44. The molecule has 0 saturated carbocycles. The molecule has 35 heavy (non-hydrogen) atoms. The highest BCUT2D eigenvalue weighted by Crippen LogP contribution is 2.46. The Labute approximate surface area is 211 Å². The molecule has 0 fully saturated rings. The van der Waals surface area contributed by atoms with Crippen molar-refractivity contribution in [1.82, 2.24) is 10.2 Å². The van der Waals surface area contributed by atoms with Crippen LogP contribution in [0.25, 0.3) is 11.3 Å². The van der Waals surface area contributed by atoms with Gasteiger partial charge in [0.15, 0.2) is 11.5 Å². The number of nitrogens with one attached hydrogen (secondary N) is 1. The van der Waals surface area contributed by atoms with Crippen LogP contribution in [0, 0.1) is 0 Å². The van der Waals surface area contributed by atoms with Crippen LogP contribution in [0.4, 0.5) is 5.69 Å². The van der Waals surface area contributed by atoms with E-state index in [4.69, 9.17) is 14.2 Å². The van der Waals surface area contributed by atoms with Gasteiger partial charge in [-0.05, 0) is 73.2 Å². The van der Waals surface area contributed by atoms with Crippen LogP contribution in [0.2, 0.25) is 0 Å². The fourth-order valence-corrected chi connectivity index (χ4v) is 4.71. The molecule has 0 aliphatic carbocycles.